The van der Waals surface area contributed by atoms with Crippen LogP contribution in [0.15, 0.2) is 24.3 Å². The second kappa shape index (κ2) is 7.98. The number of hydrogen-bond acceptors (Lipinski definition) is 5. The van der Waals surface area contributed by atoms with Crippen LogP contribution in [0.3, 0.4) is 0 Å². The Morgan fingerprint density at radius 2 is 2.16 bits per heavy atom. The van der Waals surface area contributed by atoms with E-state index in [4.69, 9.17) is 10.5 Å². The zero-order valence-corrected chi connectivity index (χ0v) is 14.3. The molecule has 8 nitrogen and oxygen atoms in total. The Labute approximate surface area is 145 Å². The number of carbonyl (C=O) groups is 3. The van der Waals surface area contributed by atoms with Gasteiger partial charge in [-0.2, -0.15) is 0 Å². The van der Waals surface area contributed by atoms with Crippen molar-refractivity contribution in [3.8, 4) is 5.75 Å². The summed E-state index contributed by atoms with van der Waals surface area (Å²) in [6, 6.07) is 5.37. The van der Waals surface area contributed by atoms with Crippen molar-refractivity contribution in [2.24, 2.45) is 5.73 Å². The Hall–Kier alpha value is -2.61. The van der Waals surface area contributed by atoms with Crippen molar-refractivity contribution in [2.75, 3.05) is 13.7 Å². The molecule has 1 aromatic rings. The third kappa shape index (κ3) is 4.69. The minimum absolute atomic E-state index is 0.102. The maximum Gasteiger partial charge on any atom is 0.243 e. The SMILES string of the molecule is COc1cccc(C[C@@H](NC(=O)[C@@H]2C[C@@H](O)CN2C(C)=O)C(N)=O)c1. The fraction of sp³-hybridized carbons (Fsp3) is 0.471. The van der Waals surface area contributed by atoms with Gasteiger partial charge in [0.25, 0.3) is 0 Å². The lowest BCUT2D eigenvalue weighted by Gasteiger charge is -2.24. The Kier molecular flexibility index (Phi) is 5.97. The van der Waals surface area contributed by atoms with Crippen LogP contribution in [0.2, 0.25) is 0 Å². The highest BCUT2D eigenvalue weighted by Crippen LogP contribution is 2.19. The van der Waals surface area contributed by atoms with Crippen molar-refractivity contribution in [2.45, 2.75) is 38.0 Å². The van der Waals surface area contributed by atoms with Crippen molar-refractivity contribution in [3.63, 3.8) is 0 Å². The molecular weight excluding hydrogens is 326 g/mol. The predicted octanol–water partition coefficient (Wildman–Crippen LogP) is -0.810. The number of amides is 3. The van der Waals surface area contributed by atoms with Crippen molar-refractivity contribution < 1.29 is 24.2 Å². The van der Waals surface area contributed by atoms with Gasteiger partial charge >= 0.3 is 0 Å². The molecule has 25 heavy (non-hydrogen) atoms. The molecule has 0 aromatic heterocycles. The Morgan fingerprint density at radius 3 is 2.76 bits per heavy atom. The molecule has 2 rings (SSSR count). The molecule has 0 radical (unpaired) electrons. The summed E-state index contributed by atoms with van der Waals surface area (Å²) in [6.07, 6.45) is -0.422. The lowest BCUT2D eigenvalue weighted by molar-refractivity contribution is -0.138. The molecule has 4 N–H and O–H groups in total. The summed E-state index contributed by atoms with van der Waals surface area (Å²) in [5.74, 6) is -0.851. The maximum atomic E-state index is 12.5. The fourth-order valence-corrected chi connectivity index (χ4v) is 2.94. The number of nitrogens with one attached hydrogen (secondary N) is 1. The molecule has 1 saturated heterocycles. The van der Waals surface area contributed by atoms with E-state index in [1.807, 2.05) is 0 Å². The van der Waals surface area contributed by atoms with Crippen LogP contribution in [0.1, 0.15) is 18.9 Å². The summed E-state index contributed by atoms with van der Waals surface area (Å²) in [4.78, 5) is 37.1. The van der Waals surface area contributed by atoms with Crippen LogP contribution < -0.4 is 15.8 Å². The second-order valence-corrected chi connectivity index (χ2v) is 6.10. The first-order valence-electron chi connectivity index (χ1n) is 7.99. The van der Waals surface area contributed by atoms with Crippen LogP contribution >= 0.6 is 0 Å². The average molecular weight is 349 g/mol. The Balaban J connectivity index is 2.09. The van der Waals surface area contributed by atoms with Crippen molar-refractivity contribution in [1.29, 1.82) is 0 Å². The number of β-amino-alcohol motifs (C(OH)–C–C–N with tert-alkyl or cyclic N) is 1. The van der Waals surface area contributed by atoms with Gasteiger partial charge in [-0.15, -0.1) is 0 Å². The first-order chi connectivity index (χ1) is 11.8. The van der Waals surface area contributed by atoms with Gasteiger partial charge in [-0.25, -0.2) is 0 Å². The normalized spacial score (nSPS) is 20.8. The number of aliphatic hydroxyl groups is 1. The summed E-state index contributed by atoms with van der Waals surface area (Å²) in [6.45, 7) is 1.44. The minimum atomic E-state index is -0.925. The van der Waals surface area contributed by atoms with Crippen molar-refractivity contribution in [1.82, 2.24) is 10.2 Å². The number of likely N-dealkylation sites (tertiary alicyclic amines) is 1. The molecule has 1 aliphatic heterocycles. The summed E-state index contributed by atoms with van der Waals surface area (Å²) < 4.78 is 5.14. The number of aliphatic hydroxyl groups excluding tert-OH is 1. The standard InChI is InChI=1S/C17H23N3O5/c1-10(21)20-9-12(22)8-15(20)17(24)19-14(16(18)23)7-11-4-3-5-13(6-11)25-2/h3-6,12,14-15,22H,7-9H2,1-2H3,(H2,18,23)(H,19,24)/t12-,14-,15+/m1/s1. The number of nitrogens with two attached hydrogens (primary N) is 1. The number of benzene rings is 1. The van der Waals surface area contributed by atoms with Crippen LogP contribution in [-0.2, 0) is 20.8 Å². The van der Waals surface area contributed by atoms with E-state index in [0.29, 0.717) is 5.75 Å². The molecule has 8 heteroatoms. The maximum absolute atomic E-state index is 12.5. The highest BCUT2D eigenvalue weighted by atomic mass is 16.5. The molecule has 136 valence electrons. The molecule has 0 spiro atoms. The smallest absolute Gasteiger partial charge is 0.243 e. The number of hydrogen-bond donors (Lipinski definition) is 3. The van der Waals surface area contributed by atoms with Gasteiger partial charge in [0.2, 0.25) is 17.7 Å². The highest BCUT2D eigenvalue weighted by molar-refractivity contribution is 5.91. The molecule has 0 aliphatic carbocycles. The molecule has 0 bridgehead atoms. The second-order valence-electron chi connectivity index (χ2n) is 6.10. The van der Waals surface area contributed by atoms with Crippen molar-refractivity contribution in [3.05, 3.63) is 29.8 Å². The number of methoxy groups -OCH3 is 1. The zero-order chi connectivity index (χ0) is 18.6. The monoisotopic (exact) mass is 349 g/mol. The molecule has 0 saturated carbocycles. The largest absolute Gasteiger partial charge is 0.497 e. The van der Waals surface area contributed by atoms with Gasteiger partial charge in [-0.3, -0.25) is 14.4 Å². The summed E-state index contributed by atoms with van der Waals surface area (Å²) in [5, 5.41) is 12.3. The van der Waals surface area contributed by atoms with Gasteiger partial charge in [0.1, 0.15) is 17.8 Å². The number of ether oxygens (including phenoxy) is 1. The van der Waals surface area contributed by atoms with Gasteiger partial charge in [-0.05, 0) is 17.7 Å². The van der Waals surface area contributed by atoms with E-state index in [0.717, 1.165) is 5.56 Å². The molecule has 1 aliphatic rings. The summed E-state index contributed by atoms with van der Waals surface area (Å²) in [5.41, 5.74) is 6.19. The van der Waals surface area contributed by atoms with Gasteiger partial charge in [0, 0.05) is 26.3 Å². The van der Waals surface area contributed by atoms with E-state index in [1.165, 1.54) is 18.9 Å². The molecule has 1 fully saturated rings. The van der Waals surface area contributed by atoms with E-state index in [2.05, 4.69) is 5.32 Å². The van der Waals surface area contributed by atoms with E-state index < -0.39 is 30.0 Å². The lowest BCUT2D eigenvalue weighted by Crippen LogP contribution is -2.52. The van der Waals surface area contributed by atoms with Gasteiger partial charge in [0.15, 0.2) is 0 Å². The van der Waals surface area contributed by atoms with Crippen molar-refractivity contribution >= 4 is 17.7 Å². The van der Waals surface area contributed by atoms with Gasteiger partial charge in [0.05, 0.1) is 13.2 Å². The number of primary amides is 1. The molecule has 1 heterocycles. The fourth-order valence-electron chi connectivity index (χ4n) is 2.94. The van der Waals surface area contributed by atoms with Crippen LogP contribution in [0, 0.1) is 0 Å². The summed E-state index contributed by atoms with van der Waals surface area (Å²) >= 11 is 0. The predicted molar refractivity (Wildman–Crippen MR) is 89.6 cm³/mol. The van der Waals surface area contributed by atoms with E-state index >= 15 is 0 Å². The highest BCUT2D eigenvalue weighted by Gasteiger charge is 2.38. The van der Waals surface area contributed by atoms with Gasteiger partial charge in [-0.1, -0.05) is 12.1 Å². The minimum Gasteiger partial charge on any atom is -0.497 e. The van der Waals surface area contributed by atoms with E-state index in [9.17, 15) is 19.5 Å². The number of nitrogens with zero attached hydrogens (tertiary/aromatic N) is 1. The Morgan fingerprint density at radius 1 is 1.44 bits per heavy atom. The van der Waals surface area contributed by atoms with Crippen LogP contribution in [-0.4, -0.2) is 59.6 Å². The van der Waals surface area contributed by atoms with Crippen LogP contribution in [0.4, 0.5) is 0 Å². The average Bonchev–Trinajstić information content (AvgIpc) is 2.96. The third-order valence-electron chi connectivity index (χ3n) is 4.22. The van der Waals surface area contributed by atoms with E-state index in [-0.39, 0.29) is 25.3 Å². The van der Waals surface area contributed by atoms with Crippen LogP contribution in [0.5, 0.6) is 5.75 Å². The van der Waals surface area contributed by atoms with E-state index in [1.54, 1.807) is 24.3 Å². The lowest BCUT2D eigenvalue weighted by atomic mass is 10.0. The zero-order valence-electron chi connectivity index (χ0n) is 14.3. The third-order valence-corrected chi connectivity index (χ3v) is 4.22. The molecule has 3 amide bonds. The van der Waals surface area contributed by atoms with Gasteiger partial charge < -0.3 is 25.8 Å². The number of rotatable bonds is 6. The molecule has 0 unspecified atom stereocenters. The first-order valence-corrected chi connectivity index (χ1v) is 7.99. The first kappa shape index (κ1) is 18.7. The topological polar surface area (TPSA) is 122 Å². The Bertz CT molecular complexity index is 663. The molecular formula is C17H23N3O5. The number of carbonyl (C=O) groups excluding carboxylic acids is 3. The quantitative estimate of drug-likeness (QED) is 0.620. The summed E-state index contributed by atoms with van der Waals surface area (Å²) in [7, 11) is 1.54. The van der Waals surface area contributed by atoms with Crippen LogP contribution in [0.25, 0.3) is 0 Å². The molecule has 1 aromatic carbocycles. The molecule has 3 atom stereocenters.